The monoisotopic (exact) mass is 403 g/mol. The Morgan fingerprint density at radius 3 is 2.38 bits per heavy atom. The second-order valence-electron chi connectivity index (χ2n) is 7.11. The van der Waals surface area contributed by atoms with Crippen molar-refractivity contribution in [1.82, 2.24) is 24.1 Å². The fourth-order valence-electron chi connectivity index (χ4n) is 3.60. The molecule has 0 saturated carbocycles. The number of nitrogens with zero attached hydrogens (tertiary/aromatic N) is 5. The summed E-state index contributed by atoms with van der Waals surface area (Å²) in [6.45, 7) is 4.06. The molecule has 29 heavy (non-hydrogen) atoms. The number of rotatable bonds is 3. The van der Waals surface area contributed by atoms with Gasteiger partial charge in [0.2, 0.25) is 0 Å². The van der Waals surface area contributed by atoms with E-state index in [1.165, 1.54) is 0 Å². The van der Waals surface area contributed by atoms with Crippen LogP contribution in [0.5, 0.6) is 0 Å². The Morgan fingerprint density at radius 2 is 1.69 bits per heavy atom. The normalized spacial score (nSPS) is 12.8. The van der Waals surface area contributed by atoms with Crippen LogP contribution in [0.2, 0.25) is 5.02 Å². The number of hydrogen-bond acceptors (Lipinski definition) is 4. The molecule has 0 radical (unpaired) electrons. The van der Waals surface area contributed by atoms with Gasteiger partial charge in [0, 0.05) is 16.8 Å². The Balaban J connectivity index is 1.98. The molecule has 0 saturated heterocycles. The molecular weight excluding hydrogens is 386 g/mol. The molecule has 7 heteroatoms. The van der Waals surface area contributed by atoms with Crippen molar-refractivity contribution in [3.05, 3.63) is 70.2 Å². The first kappa shape index (κ1) is 17.8. The van der Waals surface area contributed by atoms with Crippen molar-refractivity contribution in [2.75, 3.05) is 0 Å². The average molecular weight is 404 g/mol. The average Bonchev–Trinajstić information content (AvgIpc) is 3.06. The lowest BCUT2D eigenvalue weighted by Crippen LogP contribution is -2.23. The van der Waals surface area contributed by atoms with E-state index in [4.69, 9.17) is 21.6 Å². The number of benzene rings is 2. The van der Waals surface area contributed by atoms with E-state index >= 15 is 0 Å². The Bertz CT molecular complexity index is 1440. The summed E-state index contributed by atoms with van der Waals surface area (Å²) < 4.78 is 3.55. The van der Waals surface area contributed by atoms with Crippen LogP contribution in [-0.2, 0) is 0 Å². The highest BCUT2D eigenvalue weighted by atomic mass is 35.5. The highest BCUT2D eigenvalue weighted by Crippen LogP contribution is 2.29. The van der Waals surface area contributed by atoms with Gasteiger partial charge in [0.15, 0.2) is 11.3 Å². The topological polar surface area (TPSA) is 65.6 Å². The van der Waals surface area contributed by atoms with E-state index in [1.807, 2.05) is 66.9 Å². The van der Waals surface area contributed by atoms with Gasteiger partial charge < -0.3 is 0 Å². The first-order chi connectivity index (χ1) is 14.1. The van der Waals surface area contributed by atoms with Crippen molar-refractivity contribution >= 4 is 44.8 Å². The van der Waals surface area contributed by atoms with Gasteiger partial charge in [0.1, 0.15) is 17.2 Å². The minimum atomic E-state index is -0.105. The van der Waals surface area contributed by atoms with Gasteiger partial charge in [-0.15, -0.1) is 0 Å². The smallest absolute Gasteiger partial charge is 0.265 e. The highest BCUT2D eigenvalue weighted by molar-refractivity contribution is 6.30. The molecule has 0 bridgehead atoms. The summed E-state index contributed by atoms with van der Waals surface area (Å²) in [7, 11) is 0. The molecule has 0 N–H and O–H groups in total. The van der Waals surface area contributed by atoms with Crippen molar-refractivity contribution < 1.29 is 0 Å². The summed E-state index contributed by atoms with van der Waals surface area (Å²) in [5, 5.41) is 1.12. The molecule has 0 aliphatic carbocycles. The first-order valence-electron chi connectivity index (χ1n) is 9.52. The van der Waals surface area contributed by atoms with Gasteiger partial charge in [-0.2, -0.15) is 0 Å². The maximum absolute atomic E-state index is 13.4. The predicted octanol–water partition coefficient (Wildman–Crippen LogP) is 4.91. The third kappa shape index (κ3) is 2.71. The highest BCUT2D eigenvalue weighted by Gasteiger charge is 2.21. The maximum Gasteiger partial charge on any atom is 0.265 e. The van der Waals surface area contributed by atoms with Gasteiger partial charge in [-0.05, 0) is 49.7 Å². The van der Waals surface area contributed by atoms with Crippen LogP contribution < -0.4 is 5.56 Å². The van der Waals surface area contributed by atoms with Crippen molar-refractivity contribution in [2.45, 2.75) is 26.3 Å². The van der Waals surface area contributed by atoms with Crippen molar-refractivity contribution in [2.24, 2.45) is 0 Å². The Hall–Kier alpha value is -3.25. The van der Waals surface area contributed by atoms with Gasteiger partial charge >= 0.3 is 0 Å². The van der Waals surface area contributed by atoms with Crippen LogP contribution in [0.3, 0.4) is 0 Å². The Labute approximate surface area is 171 Å². The molecule has 0 aliphatic heterocycles. The molecule has 3 aromatic heterocycles. The van der Waals surface area contributed by atoms with Crippen LogP contribution in [-0.4, -0.2) is 24.1 Å². The molecule has 6 nitrogen and oxygen atoms in total. The lowest BCUT2D eigenvalue weighted by Gasteiger charge is -2.12. The van der Waals surface area contributed by atoms with E-state index in [0.717, 1.165) is 23.1 Å². The third-order valence-electron chi connectivity index (χ3n) is 5.34. The molecule has 2 aromatic carbocycles. The maximum atomic E-state index is 13.4. The summed E-state index contributed by atoms with van der Waals surface area (Å²) >= 11 is 6.08. The van der Waals surface area contributed by atoms with Crippen molar-refractivity contribution in [3.8, 4) is 5.69 Å². The van der Waals surface area contributed by atoms with E-state index in [2.05, 4.69) is 4.98 Å². The summed E-state index contributed by atoms with van der Waals surface area (Å²) in [5.41, 5.74) is 3.94. The van der Waals surface area contributed by atoms with Crippen LogP contribution in [0.1, 0.15) is 26.3 Å². The van der Waals surface area contributed by atoms with E-state index in [9.17, 15) is 4.79 Å². The molecule has 0 aliphatic rings. The summed E-state index contributed by atoms with van der Waals surface area (Å²) in [4.78, 5) is 27.7. The molecule has 0 spiro atoms. The van der Waals surface area contributed by atoms with Gasteiger partial charge in [-0.25, -0.2) is 15.0 Å². The quantitative estimate of drug-likeness (QED) is 0.429. The van der Waals surface area contributed by atoms with Crippen LogP contribution in [0, 0.1) is 0 Å². The fourth-order valence-corrected chi connectivity index (χ4v) is 3.72. The second-order valence-corrected chi connectivity index (χ2v) is 7.55. The second kappa shape index (κ2) is 6.67. The lowest BCUT2D eigenvalue weighted by atomic mass is 10.2. The zero-order valence-corrected chi connectivity index (χ0v) is 16.8. The number of para-hydroxylation sites is 2. The van der Waals surface area contributed by atoms with Crippen molar-refractivity contribution in [3.63, 3.8) is 0 Å². The van der Waals surface area contributed by atoms with Crippen LogP contribution in [0.25, 0.3) is 38.9 Å². The minimum Gasteiger partial charge on any atom is -0.296 e. The molecular formula is C22H18ClN5O. The molecule has 0 unspecified atom stereocenters. The zero-order chi connectivity index (χ0) is 20.1. The van der Waals surface area contributed by atoms with Gasteiger partial charge in [0.25, 0.3) is 5.56 Å². The van der Waals surface area contributed by atoms with Gasteiger partial charge in [-0.1, -0.05) is 30.7 Å². The van der Waals surface area contributed by atoms with E-state index in [-0.39, 0.29) is 11.6 Å². The first-order valence-corrected chi connectivity index (χ1v) is 9.90. The molecule has 144 valence electrons. The molecule has 5 rings (SSSR count). The number of fused-ring (bicyclic) bond motifs is 4. The molecule has 1 atom stereocenters. The van der Waals surface area contributed by atoms with Crippen LogP contribution in [0.15, 0.2) is 59.7 Å². The van der Waals surface area contributed by atoms with Gasteiger partial charge in [-0.3, -0.25) is 13.9 Å². The summed E-state index contributed by atoms with van der Waals surface area (Å²) in [6, 6.07) is 15.1. The zero-order valence-electron chi connectivity index (χ0n) is 16.0. The Morgan fingerprint density at radius 1 is 1.00 bits per heavy atom. The van der Waals surface area contributed by atoms with E-state index in [0.29, 0.717) is 27.2 Å². The number of halogens is 1. The molecule has 5 aromatic rings. The number of hydrogen-bond donors (Lipinski definition) is 0. The fraction of sp³-hybridized carbons (Fsp3) is 0.182. The van der Waals surface area contributed by atoms with Crippen LogP contribution >= 0.6 is 11.6 Å². The number of aromatic nitrogens is 5. The standard InChI is InChI=1S/C22H18ClN5O/c1-3-13(2)27-12-24-20-18(22(27)29)19-21(26-17-7-5-4-6-16(17)25-19)28(20)15-10-8-14(23)9-11-15/h4-13H,3H2,1-2H3/t13-/m0/s1. The summed E-state index contributed by atoms with van der Waals surface area (Å²) in [6.07, 6.45) is 2.45. The van der Waals surface area contributed by atoms with E-state index in [1.54, 1.807) is 10.9 Å². The third-order valence-corrected chi connectivity index (χ3v) is 5.59. The lowest BCUT2D eigenvalue weighted by molar-refractivity contribution is 0.510. The van der Waals surface area contributed by atoms with Crippen molar-refractivity contribution in [1.29, 1.82) is 0 Å². The largest absolute Gasteiger partial charge is 0.296 e. The molecule has 0 amide bonds. The predicted molar refractivity (Wildman–Crippen MR) is 116 cm³/mol. The van der Waals surface area contributed by atoms with E-state index < -0.39 is 0 Å². The SMILES string of the molecule is CC[C@H](C)n1cnc2c(c1=O)c1nc3ccccc3nc1n2-c1ccc(Cl)cc1. The summed E-state index contributed by atoms with van der Waals surface area (Å²) in [5.74, 6) is 0. The van der Waals surface area contributed by atoms with Crippen LogP contribution in [0.4, 0.5) is 0 Å². The minimum absolute atomic E-state index is 0.0433. The van der Waals surface area contributed by atoms with Gasteiger partial charge in [0.05, 0.1) is 11.0 Å². The Kier molecular flexibility index (Phi) is 4.10. The molecule has 0 fully saturated rings. The molecule has 3 heterocycles.